The van der Waals surface area contributed by atoms with E-state index in [1.54, 1.807) is 31.2 Å². The van der Waals surface area contributed by atoms with Gasteiger partial charge in [0.25, 0.3) is 5.56 Å². The number of halogens is 1. The van der Waals surface area contributed by atoms with Gasteiger partial charge in [-0.1, -0.05) is 35.9 Å². The van der Waals surface area contributed by atoms with E-state index in [0.717, 1.165) is 16.5 Å². The first kappa shape index (κ1) is 18.6. The molecule has 1 heterocycles. The summed E-state index contributed by atoms with van der Waals surface area (Å²) >= 11 is 6.02. The molecular formula is C19H19ClN2O3S. The van der Waals surface area contributed by atoms with Crippen LogP contribution < -0.4 is 10.3 Å². The standard InChI is InChI=1S/C19H19ClN2O3S/c1-13-10-16-11-14(6-7-18(16)22-19(13)23)8-9-21-26(24,25)12-15-4-2-3-5-17(15)20/h2-7,10-11,21H,8-9,12H2,1H3,(H,22,23). The van der Waals surface area contributed by atoms with E-state index in [9.17, 15) is 13.2 Å². The van der Waals surface area contributed by atoms with Crippen molar-refractivity contribution < 1.29 is 8.42 Å². The summed E-state index contributed by atoms with van der Waals surface area (Å²) in [7, 11) is -3.46. The van der Waals surface area contributed by atoms with Crippen LogP contribution in [0.4, 0.5) is 0 Å². The van der Waals surface area contributed by atoms with Crippen molar-refractivity contribution >= 4 is 32.5 Å². The summed E-state index contributed by atoms with van der Waals surface area (Å²) < 4.78 is 27.1. The average Bonchev–Trinajstić information content (AvgIpc) is 2.58. The summed E-state index contributed by atoms with van der Waals surface area (Å²) in [6, 6.07) is 14.4. The van der Waals surface area contributed by atoms with Crippen LogP contribution in [-0.4, -0.2) is 19.9 Å². The van der Waals surface area contributed by atoms with Crippen molar-refractivity contribution in [2.75, 3.05) is 6.54 Å². The molecule has 0 aliphatic heterocycles. The highest BCUT2D eigenvalue weighted by molar-refractivity contribution is 7.88. The van der Waals surface area contributed by atoms with Crippen LogP contribution in [0.1, 0.15) is 16.7 Å². The molecule has 0 saturated carbocycles. The molecule has 0 saturated heterocycles. The van der Waals surface area contributed by atoms with Crippen molar-refractivity contribution in [3.63, 3.8) is 0 Å². The van der Waals surface area contributed by atoms with Crippen LogP contribution in [0, 0.1) is 6.92 Å². The number of hydrogen-bond acceptors (Lipinski definition) is 3. The Balaban J connectivity index is 1.65. The van der Waals surface area contributed by atoms with Gasteiger partial charge in [0.15, 0.2) is 0 Å². The summed E-state index contributed by atoms with van der Waals surface area (Å²) in [4.78, 5) is 14.5. The minimum atomic E-state index is -3.46. The zero-order valence-corrected chi connectivity index (χ0v) is 15.8. The molecule has 0 amide bonds. The number of benzene rings is 2. The predicted molar refractivity (Wildman–Crippen MR) is 105 cm³/mol. The first-order valence-corrected chi connectivity index (χ1v) is 10.2. The van der Waals surface area contributed by atoms with Gasteiger partial charge in [0.1, 0.15) is 0 Å². The van der Waals surface area contributed by atoms with Gasteiger partial charge in [-0.25, -0.2) is 13.1 Å². The van der Waals surface area contributed by atoms with Crippen LogP contribution in [-0.2, 0) is 22.2 Å². The molecule has 0 aliphatic rings. The minimum absolute atomic E-state index is 0.0995. The van der Waals surface area contributed by atoms with Crippen LogP contribution in [0.15, 0.2) is 53.3 Å². The fraction of sp³-hybridized carbons (Fsp3) is 0.211. The molecule has 26 heavy (non-hydrogen) atoms. The predicted octanol–water partition coefficient (Wildman–Crippen LogP) is 3.15. The summed E-state index contributed by atoms with van der Waals surface area (Å²) in [6.45, 7) is 2.05. The van der Waals surface area contributed by atoms with E-state index in [4.69, 9.17) is 11.6 Å². The Hall–Kier alpha value is -2.15. The second kappa shape index (κ2) is 7.61. The quantitative estimate of drug-likeness (QED) is 0.678. The number of rotatable bonds is 6. The highest BCUT2D eigenvalue weighted by atomic mass is 35.5. The van der Waals surface area contributed by atoms with Gasteiger partial charge in [-0.15, -0.1) is 0 Å². The minimum Gasteiger partial charge on any atom is -0.322 e. The lowest BCUT2D eigenvalue weighted by atomic mass is 10.1. The van der Waals surface area contributed by atoms with Gasteiger partial charge in [-0.2, -0.15) is 0 Å². The van der Waals surface area contributed by atoms with E-state index in [0.29, 0.717) is 29.1 Å². The lowest BCUT2D eigenvalue weighted by Crippen LogP contribution is -2.27. The number of hydrogen-bond donors (Lipinski definition) is 2. The first-order chi connectivity index (χ1) is 12.3. The SMILES string of the molecule is Cc1cc2cc(CCNS(=O)(=O)Cc3ccccc3Cl)ccc2[nH]c1=O. The van der Waals surface area contributed by atoms with Crippen molar-refractivity contribution in [1.29, 1.82) is 0 Å². The molecule has 0 atom stereocenters. The topological polar surface area (TPSA) is 79.0 Å². The lowest BCUT2D eigenvalue weighted by molar-refractivity contribution is 0.581. The number of aryl methyl sites for hydroxylation is 1. The number of aromatic nitrogens is 1. The Morgan fingerprint density at radius 1 is 1.12 bits per heavy atom. The number of nitrogens with one attached hydrogen (secondary N) is 2. The zero-order valence-electron chi connectivity index (χ0n) is 14.3. The molecule has 136 valence electrons. The van der Waals surface area contributed by atoms with E-state index >= 15 is 0 Å². The average molecular weight is 391 g/mol. The van der Waals surface area contributed by atoms with Gasteiger partial charge in [-0.3, -0.25) is 4.79 Å². The molecule has 3 aromatic rings. The van der Waals surface area contributed by atoms with Crippen molar-refractivity contribution in [3.8, 4) is 0 Å². The lowest BCUT2D eigenvalue weighted by Gasteiger charge is -2.09. The molecule has 0 spiro atoms. The first-order valence-electron chi connectivity index (χ1n) is 8.17. The maximum absolute atomic E-state index is 12.2. The fourth-order valence-corrected chi connectivity index (χ4v) is 4.20. The third kappa shape index (κ3) is 4.52. The van der Waals surface area contributed by atoms with Gasteiger partial charge in [-0.05, 0) is 54.1 Å². The highest BCUT2D eigenvalue weighted by Gasteiger charge is 2.13. The molecule has 2 aromatic carbocycles. The summed E-state index contributed by atoms with van der Waals surface area (Å²) in [5, 5.41) is 1.37. The Bertz CT molecular complexity index is 1110. The van der Waals surface area contributed by atoms with E-state index in [1.807, 2.05) is 24.3 Å². The summed E-state index contributed by atoms with van der Waals surface area (Å²) in [5.41, 5.74) is 2.88. The molecule has 0 fully saturated rings. The Morgan fingerprint density at radius 3 is 2.65 bits per heavy atom. The van der Waals surface area contributed by atoms with Gasteiger partial charge in [0.05, 0.1) is 5.75 Å². The monoisotopic (exact) mass is 390 g/mol. The number of fused-ring (bicyclic) bond motifs is 1. The largest absolute Gasteiger partial charge is 0.322 e. The van der Waals surface area contributed by atoms with Crippen LogP contribution in [0.25, 0.3) is 10.9 Å². The second-order valence-electron chi connectivity index (χ2n) is 6.20. The number of sulfonamides is 1. The van der Waals surface area contributed by atoms with E-state index in [2.05, 4.69) is 9.71 Å². The Kier molecular flexibility index (Phi) is 5.46. The van der Waals surface area contributed by atoms with Crippen LogP contribution >= 0.6 is 11.6 Å². The van der Waals surface area contributed by atoms with Crippen molar-refractivity contribution in [2.45, 2.75) is 19.1 Å². The fourth-order valence-electron chi connectivity index (χ4n) is 2.74. The number of pyridine rings is 1. The maximum atomic E-state index is 12.2. The summed E-state index contributed by atoms with van der Waals surface area (Å²) in [6.07, 6.45) is 0.551. The molecule has 3 rings (SSSR count). The van der Waals surface area contributed by atoms with Crippen molar-refractivity contribution in [2.24, 2.45) is 0 Å². The highest BCUT2D eigenvalue weighted by Crippen LogP contribution is 2.17. The van der Waals surface area contributed by atoms with Crippen LogP contribution in [0.2, 0.25) is 5.02 Å². The van der Waals surface area contributed by atoms with Gasteiger partial charge in [0, 0.05) is 22.6 Å². The molecule has 0 unspecified atom stereocenters. The van der Waals surface area contributed by atoms with E-state index < -0.39 is 10.0 Å². The normalized spacial score (nSPS) is 11.8. The Morgan fingerprint density at radius 2 is 1.88 bits per heavy atom. The van der Waals surface area contributed by atoms with Crippen molar-refractivity contribution in [3.05, 3.63) is 80.6 Å². The Labute approximate surface area is 157 Å². The molecule has 0 bridgehead atoms. The van der Waals surface area contributed by atoms with E-state index in [1.165, 1.54) is 0 Å². The molecule has 0 aliphatic carbocycles. The smallest absolute Gasteiger partial charge is 0.251 e. The molecule has 0 radical (unpaired) electrons. The number of aromatic amines is 1. The molecule has 2 N–H and O–H groups in total. The van der Waals surface area contributed by atoms with Gasteiger partial charge >= 0.3 is 0 Å². The third-order valence-corrected chi connectivity index (χ3v) is 5.84. The zero-order chi connectivity index (χ0) is 18.7. The van der Waals surface area contributed by atoms with Crippen LogP contribution in [0.5, 0.6) is 0 Å². The van der Waals surface area contributed by atoms with Crippen LogP contribution in [0.3, 0.4) is 0 Å². The number of H-pyrrole nitrogens is 1. The molecule has 1 aromatic heterocycles. The van der Waals surface area contributed by atoms with Gasteiger partial charge in [0.2, 0.25) is 10.0 Å². The van der Waals surface area contributed by atoms with E-state index in [-0.39, 0.29) is 11.3 Å². The summed E-state index contributed by atoms with van der Waals surface area (Å²) in [5.74, 6) is -0.148. The second-order valence-corrected chi connectivity index (χ2v) is 8.41. The maximum Gasteiger partial charge on any atom is 0.251 e. The molecule has 7 heteroatoms. The van der Waals surface area contributed by atoms with Crippen molar-refractivity contribution in [1.82, 2.24) is 9.71 Å². The van der Waals surface area contributed by atoms with Gasteiger partial charge < -0.3 is 4.98 Å². The third-order valence-electron chi connectivity index (χ3n) is 4.13. The molecule has 5 nitrogen and oxygen atoms in total. The molecular weight excluding hydrogens is 372 g/mol.